The van der Waals surface area contributed by atoms with Gasteiger partial charge in [-0.25, -0.2) is 0 Å². The Labute approximate surface area is 50.6 Å². The lowest BCUT2D eigenvalue weighted by molar-refractivity contribution is -0.0926. The van der Waals surface area contributed by atoms with Crippen LogP contribution in [0.1, 0.15) is 6.42 Å². The first kappa shape index (κ1) is 6.45. The van der Waals surface area contributed by atoms with Crippen LogP contribution in [-0.4, -0.2) is 6.18 Å². The zero-order valence-electron chi connectivity index (χ0n) is 4.42. The lowest BCUT2D eigenvalue weighted by Crippen LogP contribution is -2.09. The third-order valence-electron chi connectivity index (χ3n) is 0.991. The van der Waals surface area contributed by atoms with Gasteiger partial charge in [0, 0.05) is 12.6 Å². The van der Waals surface area contributed by atoms with Gasteiger partial charge in [-0.3, -0.25) is 0 Å². The average molecular weight is 135 g/mol. The molecule has 0 saturated carbocycles. The molecule has 1 aliphatic heterocycles. The van der Waals surface area contributed by atoms with Crippen LogP contribution in [0.5, 0.6) is 0 Å². The maximum atomic E-state index is 11.6. The van der Waals surface area contributed by atoms with Crippen LogP contribution in [0.3, 0.4) is 0 Å². The van der Waals surface area contributed by atoms with Crippen LogP contribution < -0.4 is 5.32 Å². The van der Waals surface area contributed by atoms with Crippen LogP contribution >= 0.6 is 0 Å². The molecular weight excluding hydrogens is 131 g/mol. The van der Waals surface area contributed by atoms with Crippen LogP contribution in [0.15, 0.2) is 11.8 Å². The highest BCUT2D eigenvalue weighted by Gasteiger charge is 2.34. The summed E-state index contributed by atoms with van der Waals surface area (Å²) in [6, 6.07) is 0. The molecule has 0 unspecified atom stereocenters. The topological polar surface area (TPSA) is 12.0 Å². The van der Waals surface area contributed by atoms with E-state index in [1.54, 1.807) is 0 Å². The second-order valence-corrected chi connectivity index (χ2v) is 1.67. The molecule has 1 heterocycles. The number of hydrogen-bond donors (Lipinski definition) is 1. The SMILES string of the molecule is FC(F)(F)C1=CN[C]C1. The monoisotopic (exact) mass is 135 g/mol. The van der Waals surface area contributed by atoms with Gasteiger partial charge < -0.3 is 5.32 Å². The van der Waals surface area contributed by atoms with Crippen molar-refractivity contribution < 1.29 is 13.2 Å². The molecule has 9 heavy (non-hydrogen) atoms. The van der Waals surface area contributed by atoms with Gasteiger partial charge >= 0.3 is 6.18 Å². The van der Waals surface area contributed by atoms with Gasteiger partial charge in [-0.05, 0) is 0 Å². The molecule has 50 valence electrons. The summed E-state index contributed by atoms with van der Waals surface area (Å²) in [7, 11) is 0. The zero-order chi connectivity index (χ0) is 6.91. The molecule has 0 aromatic carbocycles. The van der Waals surface area contributed by atoms with Crippen molar-refractivity contribution in [2.75, 3.05) is 0 Å². The quantitative estimate of drug-likeness (QED) is 0.530. The van der Waals surface area contributed by atoms with Gasteiger partial charge in [-0.1, -0.05) is 0 Å². The standard InChI is InChI=1S/C5H4F3N/c6-5(7,8)4-1-2-9-3-4/h3,9H,1H2. The summed E-state index contributed by atoms with van der Waals surface area (Å²) in [6.45, 7) is 2.32. The van der Waals surface area contributed by atoms with Gasteiger partial charge in [-0.2, -0.15) is 13.2 Å². The van der Waals surface area contributed by atoms with Crippen LogP contribution in [0.4, 0.5) is 13.2 Å². The van der Waals surface area contributed by atoms with Crippen molar-refractivity contribution in [3.63, 3.8) is 0 Å². The van der Waals surface area contributed by atoms with E-state index in [4.69, 9.17) is 0 Å². The number of rotatable bonds is 0. The molecule has 1 nitrogen and oxygen atoms in total. The summed E-state index contributed by atoms with van der Waals surface area (Å²) < 4.78 is 34.8. The molecule has 1 N–H and O–H groups in total. The van der Waals surface area contributed by atoms with E-state index in [2.05, 4.69) is 11.9 Å². The van der Waals surface area contributed by atoms with Crippen LogP contribution in [-0.2, 0) is 0 Å². The van der Waals surface area contributed by atoms with Crippen molar-refractivity contribution in [2.45, 2.75) is 12.6 Å². The molecule has 0 aromatic rings. The molecule has 0 bridgehead atoms. The summed E-state index contributed by atoms with van der Waals surface area (Å²) >= 11 is 0. The summed E-state index contributed by atoms with van der Waals surface area (Å²) in [6.07, 6.45) is -3.42. The van der Waals surface area contributed by atoms with E-state index in [1.807, 2.05) is 0 Å². The third kappa shape index (κ3) is 1.37. The highest BCUT2D eigenvalue weighted by Crippen LogP contribution is 2.29. The zero-order valence-corrected chi connectivity index (χ0v) is 4.42. The van der Waals surface area contributed by atoms with Crippen molar-refractivity contribution in [3.05, 3.63) is 18.3 Å². The van der Waals surface area contributed by atoms with Gasteiger partial charge in [-0.15, -0.1) is 0 Å². The molecule has 0 atom stereocenters. The van der Waals surface area contributed by atoms with Gasteiger partial charge in [0.2, 0.25) is 0 Å². The van der Waals surface area contributed by atoms with Crippen LogP contribution in [0.25, 0.3) is 0 Å². The van der Waals surface area contributed by atoms with Crippen molar-refractivity contribution >= 4 is 0 Å². The van der Waals surface area contributed by atoms with E-state index in [-0.39, 0.29) is 6.42 Å². The highest BCUT2D eigenvalue weighted by atomic mass is 19.4. The van der Waals surface area contributed by atoms with E-state index in [9.17, 15) is 13.2 Å². The van der Waals surface area contributed by atoms with Gasteiger partial charge in [0.1, 0.15) is 0 Å². The molecule has 0 spiro atoms. The Hall–Kier alpha value is -0.670. The van der Waals surface area contributed by atoms with Crippen molar-refractivity contribution in [2.24, 2.45) is 0 Å². The second kappa shape index (κ2) is 1.93. The van der Waals surface area contributed by atoms with E-state index in [0.29, 0.717) is 0 Å². The summed E-state index contributed by atoms with van der Waals surface area (Å²) in [5, 5.41) is 2.25. The molecule has 0 fully saturated rings. The first-order valence-electron chi connectivity index (χ1n) is 2.35. The largest absolute Gasteiger partial charge is 0.414 e. The fourth-order valence-electron chi connectivity index (χ4n) is 0.517. The normalized spacial score (nSPS) is 19.2. The van der Waals surface area contributed by atoms with Gasteiger partial charge in [0.25, 0.3) is 0 Å². The van der Waals surface area contributed by atoms with Crippen molar-refractivity contribution in [1.29, 1.82) is 0 Å². The lowest BCUT2D eigenvalue weighted by atomic mass is 10.2. The summed E-state index contributed by atoms with van der Waals surface area (Å²) in [5.74, 6) is 0. The molecule has 1 aliphatic rings. The number of nitrogens with one attached hydrogen (secondary N) is 1. The van der Waals surface area contributed by atoms with Crippen molar-refractivity contribution in [1.82, 2.24) is 5.32 Å². The maximum absolute atomic E-state index is 11.6. The fraction of sp³-hybridized carbons (Fsp3) is 0.400. The van der Waals surface area contributed by atoms with Crippen LogP contribution in [0, 0.1) is 6.54 Å². The predicted molar refractivity (Wildman–Crippen MR) is 25.1 cm³/mol. The minimum Gasteiger partial charge on any atom is -0.380 e. The highest BCUT2D eigenvalue weighted by molar-refractivity contribution is 5.16. The minimum absolute atomic E-state index is 0.149. The van der Waals surface area contributed by atoms with Gasteiger partial charge in [0.05, 0.1) is 12.1 Å². The van der Waals surface area contributed by atoms with Gasteiger partial charge in [0.15, 0.2) is 0 Å². The van der Waals surface area contributed by atoms with E-state index >= 15 is 0 Å². The smallest absolute Gasteiger partial charge is 0.380 e. The summed E-state index contributed by atoms with van der Waals surface area (Å²) in [5.41, 5.74) is -0.567. The maximum Gasteiger partial charge on any atom is 0.414 e. The molecule has 0 aromatic heterocycles. The van der Waals surface area contributed by atoms with E-state index < -0.39 is 11.7 Å². The molecule has 0 saturated heterocycles. The van der Waals surface area contributed by atoms with Crippen LogP contribution in [0.2, 0.25) is 0 Å². The number of halogens is 3. The Bertz CT molecular complexity index is 136. The Morgan fingerprint density at radius 1 is 1.56 bits per heavy atom. The Kier molecular flexibility index (Phi) is 1.38. The molecular formula is C5H4F3N. The third-order valence-corrected chi connectivity index (χ3v) is 0.991. The first-order chi connectivity index (χ1) is 4.11. The first-order valence-corrected chi connectivity index (χ1v) is 2.35. The molecule has 0 amide bonds. The Balaban J connectivity index is 2.61. The Morgan fingerprint density at radius 3 is 2.44 bits per heavy atom. The number of hydrogen-bond acceptors (Lipinski definition) is 1. The van der Waals surface area contributed by atoms with Crippen molar-refractivity contribution in [3.8, 4) is 0 Å². The summed E-state index contributed by atoms with van der Waals surface area (Å²) in [4.78, 5) is 0. The van der Waals surface area contributed by atoms with E-state index in [0.717, 1.165) is 6.20 Å². The number of alkyl halides is 3. The molecule has 2 radical (unpaired) electrons. The molecule has 0 aliphatic carbocycles. The predicted octanol–water partition coefficient (Wildman–Crippen LogP) is 1.46. The Morgan fingerprint density at radius 2 is 2.22 bits per heavy atom. The fourth-order valence-corrected chi connectivity index (χ4v) is 0.517. The van der Waals surface area contributed by atoms with E-state index in [1.165, 1.54) is 0 Å². The second-order valence-electron chi connectivity index (χ2n) is 1.67. The molecule has 1 rings (SSSR count). The minimum atomic E-state index is -4.18. The molecule has 4 heteroatoms. The average Bonchev–Trinajstić information content (AvgIpc) is 2.08. The lowest BCUT2D eigenvalue weighted by Gasteiger charge is -2.03.